The Kier molecular flexibility index (Phi) is 4.24. The molecular weight excluding hydrogens is 256 g/mol. The molecule has 0 N–H and O–H groups in total. The van der Waals surface area contributed by atoms with Crippen molar-refractivity contribution in [2.24, 2.45) is 11.8 Å². The highest BCUT2D eigenvalue weighted by Gasteiger charge is 2.32. The molecule has 2 amide bonds. The Morgan fingerprint density at radius 1 is 0.800 bits per heavy atom. The summed E-state index contributed by atoms with van der Waals surface area (Å²) in [6, 6.07) is 0. The zero-order chi connectivity index (χ0) is 13.9. The average molecular weight is 280 g/mol. The third-order valence-corrected chi connectivity index (χ3v) is 4.85. The van der Waals surface area contributed by atoms with Crippen molar-refractivity contribution in [2.45, 2.75) is 32.1 Å². The van der Waals surface area contributed by atoms with Crippen LogP contribution in [-0.2, 0) is 14.3 Å². The summed E-state index contributed by atoms with van der Waals surface area (Å²) in [5, 5.41) is 0. The summed E-state index contributed by atoms with van der Waals surface area (Å²) in [7, 11) is 0. The van der Waals surface area contributed by atoms with Crippen LogP contribution < -0.4 is 0 Å². The second kappa shape index (κ2) is 6.12. The van der Waals surface area contributed by atoms with Crippen molar-refractivity contribution in [3.63, 3.8) is 0 Å². The summed E-state index contributed by atoms with van der Waals surface area (Å²) >= 11 is 0. The fraction of sp³-hybridized carbons (Fsp3) is 0.867. The topological polar surface area (TPSA) is 49.9 Å². The second-order valence-corrected chi connectivity index (χ2v) is 6.19. The zero-order valence-electron chi connectivity index (χ0n) is 12.1. The molecule has 3 fully saturated rings. The molecule has 20 heavy (non-hydrogen) atoms. The fourth-order valence-electron chi connectivity index (χ4n) is 3.26. The summed E-state index contributed by atoms with van der Waals surface area (Å²) < 4.78 is 5.30. The van der Waals surface area contributed by atoms with Crippen LogP contribution in [0.5, 0.6) is 0 Å². The van der Waals surface area contributed by atoms with Crippen molar-refractivity contribution in [3.8, 4) is 0 Å². The molecule has 1 atom stereocenters. The van der Waals surface area contributed by atoms with Crippen molar-refractivity contribution < 1.29 is 14.3 Å². The van der Waals surface area contributed by atoms with Gasteiger partial charge in [-0.2, -0.15) is 0 Å². The predicted molar refractivity (Wildman–Crippen MR) is 74.0 cm³/mol. The zero-order valence-corrected chi connectivity index (χ0v) is 12.1. The number of amides is 2. The molecule has 2 heterocycles. The van der Waals surface area contributed by atoms with Crippen molar-refractivity contribution in [2.75, 3.05) is 39.4 Å². The number of hydrogen-bond acceptors (Lipinski definition) is 3. The van der Waals surface area contributed by atoms with E-state index in [0.717, 1.165) is 38.8 Å². The first kappa shape index (κ1) is 13.9. The summed E-state index contributed by atoms with van der Waals surface area (Å²) in [5.74, 6) is 0.847. The van der Waals surface area contributed by atoms with Crippen LogP contribution in [0.3, 0.4) is 0 Å². The molecule has 5 heteroatoms. The average Bonchev–Trinajstić information content (AvgIpc) is 2.80. The molecule has 0 bridgehead atoms. The van der Waals surface area contributed by atoms with Gasteiger partial charge in [-0.1, -0.05) is 6.42 Å². The van der Waals surface area contributed by atoms with E-state index in [2.05, 4.69) is 0 Å². The summed E-state index contributed by atoms with van der Waals surface area (Å²) in [6.45, 7) is 4.25. The van der Waals surface area contributed by atoms with Gasteiger partial charge in [-0.05, 0) is 25.7 Å². The molecule has 3 rings (SSSR count). The maximum Gasteiger partial charge on any atom is 0.228 e. The fourth-order valence-corrected chi connectivity index (χ4v) is 3.26. The molecule has 0 spiro atoms. The Balaban J connectivity index is 1.53. The van der Waals surface area contributed by atoms with Gasteiger partial charge in [0.1, 0.15) is 0 Å². The first-order valence-electron chi connectivity index (χ1n) is 7.91. The standard InChI is InChI=1S/C15H24N2O3/c18-14(12-3-1-4-12)16-6-2-7-17(9-8-16)15(19)13-5-10-20-11-13/h12-13H,1-11H2/t13-/m0/s1. The summed E-state index contributed by atoms with van der Waals surface area (Å²) in [4.78, 5) is 28.6. The Labute approximate surface area is 120 Å². The first-order chi connectivity index (χ1) is 9.75. The number of nitrogens with zero attached hydrogens (tertiary/aromatic N) is 2. The Bertz CT molecular complexity index is 375. The van der Waals surface area contributed by atoms with E-state index in [4.69, 9.17) is 4.74 Å². The van der Waals surface area contributed by atoms with E-state index < -0.39 is 0 Å². The third kappa shape index (κ3) is 2.82. The molecule has 2 aliphatic heterocycles. The summed E-state index contributed by atoms with van der Waals surface area (Å²) in [5.41, 5.74) is 0. The van der Waals surface area contributed by atoms with Gasteiger partial charge in [0.15, 0.2) is 0 Å². The molecule has 1 saturated carbocycles. The van der Waals surface area contributed by atoms with Crippen LogP contribution in [0.4, 0.5) is 0 Å². The van der Waals surface area contributed by atoms with E-state index in [-0.39, 0.29) is 17.7 Å². The van der Waals surface area contributed by atoms with Crippen LogP contribution in [0.2, 0.25) is 0 Å². The lowest BCUT2D eigenvalue weighted by Crippen LogP contribution is -2.42. The first-order valence-corrected chi connectivity index (χ1v) is 7.91. The molecule has 0 aromatic rings. The van der Waals surface area contributed by atoms with Crippen molar-refractivity contribution in [1.82, 2.24) is 9.80 Å². The minimum atomic E-state index is 0.0453. The van der Waals surface area contributed by atoms with Gasteiger partial charge in [-0.15, -0.1) is 0 Å². The predicted octanol–water partition coefficient (Wildman–Crippen LogP) is 0.884. The van der Waals surface area contributed by atoms with Gasteiger partial charge >= 0.3 is 0 Å². The maximum absolute atomic E-state index is 12.4. The largest absolute Gasteiger partial charge is 0.381 e. The van der Waals surface area contributed by atoms with E-state index in [1.54, 1.807) is 0 Å². The van der Waals surface area contributed by atoms with Gasteiger partial charge < -0.3 is 14.5 Å². The van der Waals surface area contributed by atoms with Gasteiger partial charge in [0.25, 0.3) is 0 Å². The molecule has 0 aromatic heterocycles. The van der Waals surface area contributed by atoms with E-state index in [1.165, 1.54) is 6.42 Å². The number of carbonyl (C=O) groups excluding carboxylic acids is 2. The molecule has 5 nitrogen and oxygen atoms in total. The lowest BCUT2D eigenvalue weighted by atomic mass is 9.84. The molecule has 0 unspecified atom stereocenters. The monoisotopic (exact) mass is 280 g/mol. The van der Waals surface area contributed by atoms with Crippen LogP contribution in [0.15, 0.2) is 0 Å². The molecule has 1 aliphatic carbocycles. The van der Waals surface area contributed by atoms with Crippen LogP contribution in [0, 0.1) is 11.8 Å². The highest BCUT2D eigenvalue weighted by molar-refractivity contribution is 5.81. The number of carbonyl (C=O) groups is 2. The normalized spacial score (nSPS) is 28.1. The van der Waals surface area contributed by atoms with Crippen LogP contribution >= 0.6 is 0 Å². The quantitative estimate of drug-likeness (QED) is 0.754. The molecule has 0 radical (unpaired) electrons. The van der Waals surface area contributed by atoms with Gasteiger partial charge in [0, 0.05) is 38.7 Å². The van der Waals surface area contributed by atoms with Gasteiger partial charge in [-0.3, -0.25) is 9.59 Å². The van der Waals surface area contributed by atoms with Gasteiger partial charge in [0.2, 0.25) is 11.8 Å². The van der Waals surface area contributed by atoms with Crippen molar-refractivity contribution >= 4 is 11.8 Å². The number of hydrogen-bond donors (Lipinski definition) is 0. The Morgan fingerprint density at radius 3 is 1.95 bits per heavy atom. The van der Waals surface area contributed by atoms with E-state index in [1.807, 2.05) is 9.80 Å². The summed E-state index contributed by atoms with van der Waals surface area (Å²) in [6.07, 6.45) is 5.04. The van der Waals surface area contributed by atoms with Crippen molar-refractivity contribution in [3.05, 3.63) is 0 Å². The molecule has 112 valence electrons. The van der Waals surface area contributed by atoms with Gasteiger partial charge in [0.05, 0.1) is 12.5 Å². The van der Waals surface area contributed by atoms with E-state index in [0.29, 0.717) is 32.2 Å². The van der Waals surface area contributed by atoms with Crippen LogP contribution in [0.1, 0.15) is 32.1 Å². The molecule has 0 aromatic carbocycles. The smallest absolute Gasteiger partial charge is 0.228 e. The molecule has 3 aliphatic rings. The van der Waals surface area contributed by atoms with Gasteiger partial charge in [-0.25, -0.2) is 0 Å². The van der Waals surface area contributed by atoms with Crippen LogP contribution in [0.25, 0.3) is 0 Å². The highest BCUT2D eigenvalue weighted by atomic mass is 16.5. The Hall–Kier alpha value is -1.10. The maximum atomic E-state index is 12.4. The van der Waals surface area contributed by atoms with Crippen LogP contribution in [-0.4, -0.2) is 61.0 Å². The third-order valence-electron chi connectivity index (χ3n) is 4.85. The van der Waals surface area contributed by atoms with Crippen molar-refractivity contribution in [1.29, 1.82) is 0 Å². The van der Waals surface area contributed by atoms with E-state index >= 15 is 0 Å². The molecule has 2 saturated heterocycles. The SMILES string of the molecule is O=C(C1CCC1)N1CCCN(C(=O)[C@H]2CCOC2)CC1. The second-order valence-electron chi connectivity index (χ2n) is 6.19. The molecular formula is C15H24N2O3. The minimum absolute atomic E-state index is 0.0453. The lowest BCUT2D eigenvalue weighted by molar-refractivity contribution is -0.139. The minimum Gasteiger partial charge on any atom is -0.381 e. The van der Waals surface area contributed by atoms with E-state index in [9.17, 15) is 9.59 Å². The Morgan fingerprint density at radius 2 is 1.45 bits per heavy atom. The highest BCUT2D eigenvalue weighted by Crippen LogP contribution is 2.28. The number of rotatable bonds is 2. The lowest BCUT2D eigenvalue weighted by Gasteiger charge is -2.31. The number of ether oxygens (including phenoxy) is 1.